The molecule has 1 aliphatic heterocycles. The second kappa shape index (κ2) is 9.49. The number of halogens is 2. The summed E-state index contributed by atoms with van der Waals surface area (Å²) in [5.74, 6) is -4.64. The van der Waals surface area contributed by atoms with E-state index in [2.05, 4.69) is 0 Å². The van der Waals surface area contributed by atoms with E-state index in [1.807, 2.05) is 0 Å². The molecule has 4 fully saturated rings. The fourth-order valence-electron chi connectivity index (χ4n) is 9.05. The zero-order valence-corrected chi connectivity index (χ0v) is 24.0. The molecule has 0 radical (unpaired) electrons. The first-order valence-corrected chi connectivity index (χ1v) is 14.5. The number of likely N-dealkylation sites (tertiary alicyclic amines) is 1. The second-order valence-corrected chi connectivity index (χ2v) is 13.3. The van der Waals surface area contributed by atoms with Crippen LogP contribution in [0, 0.1) is 38.7 Å². The van der Waals surface area contributed by atoms with E-state index < -0.39 is 80.8 Å². The highest BCUT2D eigenvalue weighted by Gasteiger charge is 2.78. The molecule has 43 heavy (non-hydrogen) atoms. The largest absolute Gasteiger partial charge is 0.444 e. The van der Waals surface area contributed by atoms with Crippen molar-refractivity contribution in [2.75, 3.05) is 13.1 Å². The lowest BCUT2D eigenvalue weighted by Crippen LogP contribution is -2.73. The molecular weight excluding hydrogens is 566 g/mol. The van der Waals surface area contributed by atoms with Crippen LogP contribution >= 0.6 is 0 Å². The fourth-order valence-corrected chi connectivity index (χ4v) is 9.05. The maximum absolute atomic E-state index is 17.6. The molecule has 3 saturated carbocycles. The van der Waals surface area contributed by atoms with Crippen LogP contribution in [-0.2, 0) is 14.3 Å². The minimum Gasteiger partial charge on any atom is -0.444 e. The molecule has 2 N–H and O–H groups in total. The highest BCUT2D eigenvalue weighted by Crippen LogP contribution is 2.72. The Morgan fingerprint density at radius 2 is 1.86 bits per heavy atom. The average Bonchev–Trinajstić information content (AvgIpc) is 3.15. The second-order valence-electron chi connectivity index (χ2n) is 13.3. The fraction of sp³-hybridized carbons (Fsp3) is 0.581. The Morgan fingerprint density at radius 3 is 2.51 bits per heavy atom. The lowest BCUT2D eigenvalue weighted by Gasteiger charge is -2.63. The molecule has 0 aromatic heterocycles. The number of ether oxygens (including phenoxy) is 1. The number of aliphatic hydroxyl groups excluding tert-OH is 2. The number of non-ortho nitro benzene ring substituents is 1. The first-order valence-electron chi connectivity index (χ1n) is 14.5. The lowest BCUT2D eigenvalue weighted by atomic mass is 9.44. The lowest BCUT2D eigenvalue weighted by molar-refractivity contribution is -0.384. The summed E-state index contributed by atoms with van der Waals surface area (Å²) >= 11 is 0. The summed E-state index contributed by atoms with van der Waals surface area (Å²) in [6.45, 7) is 4.79. The van der Waals surface area contributed by atoms with E-state index in [-0.39, 0.29) is 49.2 Å². The topological polar surface area (TPSA) is 147 Å². The number of ketones is 1. The number of esters is 1. The molecule has 0 bridgehead atoms. The number of hydrogen-bond acceptors (Lipinski definition) is 8. The predicted molar refractivity (Wildman–Crippen MR) is 147 cm³/mol. The molecule has 9 atom stereocenters. The van der Waals surface area contributed by atoms with Gasteiger partial charge < -0.3 is 19.8 Å². The zero-order valence-electron chi connectivity index (χ0n) is 24.0. The molecule has 0 unspecified atom stereocenters. The number of fused-ring (bicyclic) bond motifs is 5. The first-order chi connectivity index (χ1) is 20.1. The molecule has 10 nitrogen and oxygen atoms in total. The summed E-state index contributed by atoms with van der Waals surface area (Å²) in [4.78, 5) is 52.2. The van der Waals surface area contributed by atoms with E-state index in [4.69, 9.17) is 4.74 Å². The Labute approximate surface area is 246 Å². The summed E-state index contributed by atoms with van der Waals surface area (Å²) in [5, 5.41) is 33.1. The Morgan fingerprint density at radius 1 is 1.16 bits per heavy atom. The number of β-amino-alcohol motifs (C(OH)–C–C–N with tert-alkyl or cyclic N) is 1. The summed E-state index contributed by atoms with van der Waals surface area (Å²) in [7, 11) is 0. The van der Waals surface area contributed by atoms with Crippen LogP contribution in [-0.4, -0.2) is 80.4 Å². The monoisotopic (exact) mass is 600 g/mol. The van der Waals surface area contributed by atoms with Crippen molar-refractivity contribution < 1.29 is 43.0 Å². The van der Waals surface area contributed by atoms with Crippen molar-refractivity contribution in [3.8, 4) is 0 Å². The molecule has 1 aromatic rings. The number of hydrogen-bond donors (Lipinski definition) is 2. The van der Waals surface area contributed by atoms with Crippen LogP contribution in [0.15, 0.2) is 48.1 Å². The van der Waals surface area contributed by atoms with Crippen molar-refractivity contribution in [1.29, 1.82) is 0 Å². The van der Waals surface area contributed by atoms with E-state index in [0.29, 0.717) is 0 Å². The van der Waals surface area contributed by atoms with Gasteiger partial charge in [0.25, 0.3) is 11.6 Å². The molecule has 1 heterocycles. The first kappa shape index (κ1) is 29.6. The van der Waals surface area contributed by atoms with Gasteiger partial charge in [-0.05, 0) is 55.9 Å². The summed E-state index contributed by atoms with van der Waals surface area (Å²) in [5.41, 5.74) is -7.90. The maximum atomic E-state index is 17.6. The Kier molecular flexibility index (Phi) is 6.53. The average molecular weight is 601 g/mol. The van der Waals surface area contributed by atoms with Gasteiger partial charge in [0.05, 0.1) is 22.7 Å². The van der Waals surface area contributed by atoms with Crippen LogP contribution < -0.4 is 0 Å². The SMILES string of the molecule is C[C@@H]1C[C@H]2[C@@H]3C[C@H](F)C4=CC(=O)C=C[C@]4(C)[C@@]3(F)[C@@H](O)C[C@]2(C)[C@@]1(OC(=O)c1cccc([N+](=O)[O-])c1)C(=O)N1CC(O)C1. The number of benzene rings is 1. The van der Waals surface area contributed by atoms with Crippen molar-refractivity contribution in [3.63, 3.8) is 0 Å². The van der Waals surface area contributed by atoms with Gasteiger partial charge in [-0.2, -0.15) is 0 Å². The molecule has 0 spiro atoms. The Bertz CT molecular complexity index is 1490. The molecule has 1 saturated heterocycles. The van der Waals surface area contributed by atoms with E-state index in [1.165, 1.54) is 42.2 Å². The molecule has 4 aliphatic carbocycles. The minimum absolute atomic E-state index is 0.0148. The molecular formula is C31H34F2N2O8. The van der Waals surface area contributed by atoms with Crippen LogP contribution in [0.3, 0.4) is 0 Å². The highest BCUT2D eigenvalue weighted by molar-refractivity contribution is 6.01. The van der Waals surface area contributed by atoms with E-state index in [9.17, 15) is 34.7 Å². The number of nitrogens with zero attached hydrogens (tertiary/aromatic N) is 2. The molecule has 1 amide bonds. The number of alkyl halides is 2. The van der Waals surface area contributed by atoms with Gasteiger partial charge in [-0.25, -0.2) is 13.6 Å². The van der Waals surface area contributed by atoms with Crippen LogP contribution in [0.2, 0.25) is 0 Å². The smallest absolute Gasteiger partial charge is 0.339 e. The van der Waals surface area contributed by atoms with Crippen molar-refractivity contribution in [2.45, 2.75) is 69.7 Å². The molecule has 12 heteroatoms. The number of aliphatic hydroxyl groups is 2. The zero-order chi connectivity index (χ0) is 31.3. The van der Waals surface area contributed by atoms with Crippen LogP contribution in [0.25, 0.3) is 0 Å². The van der Waals surface area contributed by atoms with E-state index >= 15 is 8.78 Å². The number of carbonyl (C=O) groups is 3. The van der Waals surface area contributed by atoms with Gasteiger partial charge in [0.15, 0.2) is 17.1 Å². The maximum Gasteiger partial charge on any atom is 0.339 e. The van der Waals surface area contributed by atoms with Crippen molar-refractivity contribution in [1.82, 2.24) is 4.90 Å². The molecule has 230 valence electrons. The van der Waals surface area contributed by atoms with Crippen molar-refractivity contribution in [2.24, 2.45) is 28.6 Å². The third kappa shape index (κ3) is 3.78. The number of allylic oxidation sites excluding steroid dienone is 4. The van der Waals surface area contributed by atoms with Crippen LogP contribution in [0.5, 0.6) is 0 Å². The number of nitro benzene ring substituents is 1. The standard InChI is InChI=1S/C31H34F2N2O8/c1-16-9-21-22-12-24(32)23-11-19(36)7-8-28(23,2)30(22,33)25(38)13-29(21,3)31(16,27(40)34-14-20(37)15-34)43-26(39)17-5-4-6-18(10-17)35(41)42/h4-8,10-11,16,20-22,24-25,37-38H,9,12-15H2,1-3H3/t16-,21+,22+,24+,25+,28+,29+,30+,31+/m1/s1. The summed E-state index contributed by atoms with van der Waals surface area (Å²) in [6.07, 6.45) is -1.07. The minimum atomic E-state index is -2.39. The van der Waals surface area contributed by atoms with Crippen LogP contribution in [0.1, 0.15) is 50.4 Å². The molecule has 5 aliphatic rings. The molecule has 1 aromatic carbocycles. The number of carbonyl (C=O) groups excluding carboxylic acids is 3. The number of rotatable bonds is 4. The third-order valence-corrected chi connectivity index (χ3v) is 11.2. The normalized spacial score (nSPS) is 41.8. The summed E-state index contributed by atoms with van der Waals surface area (Å²) < 4.78 is 39.7. The van der Waals surface area contributed by atoms with Gasteiger partial charge >= 0.3 is 5.97 Å². The molecule has 6 rings (SSSR count). The van der Waals surface area contributed by atoms with Gasteiger partial charge in [-0.3, -0.25) is 19.7 Å². The van der Waals surface area contributed by atoms with Crippen molar-refractivity contribution >= 4 is 23.3 Å². The number of amides is 1. The quantitative estimate of drug-likeness (QED) is 0.304. The van der Waals surface area contributed by atoms with E-state index in [1.54, 1.807) is 13.8 Å². The Hall–Kier alpha value is -3.51. The van der Waals surface area contributed by atoms with Gasteiger partial charge in [0.1, 0.15) is 6.17 Å². The van der Waals surface area contributed by atoms with Crippen LogP contribution in [0.4, 0.5) is 14.5 Å². The van der Waals surface area contributed by atoms with Gasteiger partial charge in [-0.15, -0.1) is 0 Å². The Balaban J connectivity index is 1.46. The third-order valence-electron chi connectivity index (χ3n) is 11.2. The van der Waals surface area contributed by atoms with E-state index in [0.717, 1.165) is 12.1 Å². The van der Waals surface area contributed by atoms with Gasteiger partial charge in [0, 0.05) is 47.9 Å². The van der Waals surface area contributed by atoms with Gasteiger partial charge in [-0.1, -0.05) is 26.0 Å². The highest BCUT2D eigenvalue weighted by atomic mass is 19.1. The van der Waals surface area contributed by atoms with Gasteiger partial charge in [0.2, 0.25) is 0 Å². The predicted octanol–water partition coefficient (Wildman–Crippen LogP) is 3.26. The van der Waals surface area contributed by atoms with Crippen molar-refractivity contribution in [3.05, 3.63) is 63.7 Å². The summed E-state index contributed by atoms with van der Waals surface area (Å²) in [6, 6.07) is 4.88. The number of nitro groups is 1.